The van der Waals surface area contributed by atoms with E-state index in [4.69, 9.17) is 14.2 Å². The third-order valence-corrected chi connectivity index (χ3v) is 15.4. The predicted octanol–water partition coefficient (Wildman–Crippen LogP) is 1.47. The molecule has 6 fully saturated rings. The average Bonchev–Trinajstić information content (AvgIpc) is 3.80. The van der Waals surface area contributed by atoms with Gasteiger partial charge >= 0.3 is 18.0 Å². The van der Waals surface area contributed by atoms with E-state index in [1.54, 1.807) is 20.8 Å². The minimum Gasteiger partial charge on any atom is -0.504 e. The Morgan fingerprint density at radius 2 is 1.74 bits per heavy atom. The Morgan fingerprint density at radius 3 is 2.46 bits per heavy atom. The Balaban J connectivity index is 0.978. The van der Waals surface area contributed by atoms with Crippen molar-refractivity contribution >= 4 is 47.3 Å². The molecule has 0 aromatic heterocycles. The summed E-state index contributed by atoms with van der Waals surface area (Å²) in [6.45, 7) is 7.30. The van der Waals surface area contributed by atoms with Gasteiger partial charge in [0.25, 0.3) is 5.91 Å². The van der Waals surface area contributed by atoms with Crippen LogP contribution in [0.3, 0.4) is 0 Å². The third-order valence-electron chi connectivity index (χ3n) is 13.9. The fourth-order valence-electron chi connectivity index (χ4n) is 11.5. The van der Waals surface area contributed by atoms with Crippen LogP contribution in [-0.4, -0.2) is 124 Å². The molecule has 2 saturated carbocycles. The van der Waals surface area contributed by atoms with Crippen molar-refractivity contribution in [2.24, 2.45) is 28.6 Å². The monoisotopic (exact) mass is 816 g/mol. The summed E-state index contributed by atoms with van der Waals surface area (Å²) in [5.41, 5.74) is -3.55. The van der Waals surface area contributed by atoms with Crippen molar-refractivity contribution in [1.29, 1.82) is 0 Å². The number of aliphatic hydroxyl groups is 3. The number of hydrogen-bond donors (Lipinski definition) is 7. The number of urea groups is 1. The molecule has 2 bridgehead atoms. The number of rotatable bonds is 14. The van der Waals surface area contributed by atoms with Crippen LogP contribution < -0.4 is 21.3 Å². The van der Waals surface area contributed by atoms with Crippen molar-refractivity contribution < 1.29 is 58.3 Å². The molecule has 4 saturated heterocycles. The molecule has 57 heavy (non-hydrogen) atoms. The van der Waals surface area contributed by atoms with Gasteiger partial charge in [0, 0.05) is 54.3 Å². The van der Waals surface area contributed by atoms with Crippen molar-refractivity contribution in [2.45, 2.75) is 133 Å². The number of nitrogens with one attached hydrogen (secondary N) is 4. The van der Waals surface area contributed by atoms with E-state index in [0.29, 0.717) is 35.8 Å². The first-order chi connectivity index (χ1) is 27.1. The second-order valence-electron chi connectivity index (χ2n) is 17.5. The first-order valence-corrected chi connectivity index (χ1v) is 21.3. The Bertz CT molecular complexity index is 1750. The van der Waals surface area contributed by atoms with Crippen LogP contribution in [0, 0.1) is 28.6 Å². The van der Waals surface area contributed by atoms with E-state index in [2.05, 4.69) is 21.3 Å². The van der Waals surface area contributed by atoms with E-state index < -0.39 is 82.2 Å². The second-order valence-corrected chi connectivity index (χ2v) is 18.8. The van der Waals surface area contributed by atoms with Crippen molar-refractivity contribution in [1.82, 2.24) is 21.3 Å². The van der Waals surface area contributed by atoms with Crippen molar-refractivity contribution in [3.63, 3.8) is 0 Å². The molecule has 3 aliphatic carbocycles. The van der Waals surface area contributed by atoms with Crippen molar-refractivity contribution in [2.75, 3.05) is 25.4 Å². The molecule has 0 aromatic carbocycles. The highest BCUT2D eigenvalue weighted by Gasteiger charge is 2.84. The van der Waals surface area contributed by atoms with Gasteiger partial charge < -0.3 is 50.8 Å². The van der Waals surface area contributed by atoms with Gasteiger partial charge in [-0.1, -0.05) is 25.3 Å². The van der Waals surface area contributed by atoms with E-state index in [1.165, 1.54) is 6.08 Å². The lowest BCUT2D eigenvalue weighted by Crippen LogP contribution is -2.80. The molecular weight excluding hydrogens is 761 g/mol. The van der Waals surface area contributed by atoms with Crippen LogP contribution in [0.5, 0.6) is 0 Å². The number of hydrogen-bond acceptors (Lipinski definition) is 13. The lowest BCUT2D eigenvalue weighted by atomic mass is 9.38. The van der Waals surface area contributed by atoms with E-state index >= 15 is 0 Å². The molecule has 17 heteroatoms. The molecule has 4 heterocycles. The first-order valence-electron chi connectivity index (χ1n) is 20.3. The van der Waals surface area contributed by atoms with Crippen LogP contribution in [-0.2, 0) is 38.2 Å². The van der Waals surface area contributed by atoms with Crippen LogP contribution in [0.15, 0.2) is 23.0 Å². The molecule has 0 radical (unpaired) electrons. The normalized spacial score (nSPS) is 39.9. The SMILES string of the molecule is CC(C)=CC(=O)O[C@H]1C(=O)O[C@@H]2C[C@H]3C(C)=C(O)C(=O)C[C@]3(C)C3[C@@H](O)[C@H](O)[C@@]4(C(=O)NCCCCCCNC(=O)CCC[C@@H]5SC[C@@H]6NC(=O)N[C@@H]65)OC[C@]32[C@@H]14. The maximum Gasteiger partial charge on any atom is 0.348 e. The van der Waals surface area contributed by atoms with Crippen molar-refractivity contribution in [3.05, 3.63) is 23.0 Å². The number of carbonyl (C=O) groups excluding carboxylic acids is 6. The molecule has 1 unspecified atom stereocenters. The molecule has 0 aromatic rings. The molecule has 16 nitrogen and oxygen atoms in total. The topological polar surface area (TPSA) is 239 Å². The highest BCUT2D eigenvalue weighted by molar-refractivity contribution is 8.00. The second kappa shape index (κ2) is 15.8. The van der Waals surface area contributed by atoms with Gasteiger partial charge in [0.05, 0.1) is 30.7 Å². The first kappa shape index (κ1) is 41.5. The smallest absolute Gasteiger partial charge is 0.348 e. The van der Waals surface area contributed by atoms with Gasteiger partial charge in [-0.25, -0.2) is 14.4 Å². The molecule has 4 amide bonds. The Labute approximate surface area is 336 Å². The maximum absolute atomic E-state index is 14.4. The number of fused-ring (bicyclic) bond motifs is 3. The van der Waals surface area contributed by atoms with Crippen LogP contribution in [0.2, 0.25) is 0 Å². The minimum atomic E-state index is -2.19. The molecule has 4 aliphatic heterocycles. The predicted molar refractivity (Wildman–Crippen MR) is 204 cm³/mol. The summed E-state index contributed by atoms with van der Waals surface area (Å²) in [7, 11) is 0. The lowest BCUT2D eigenvalue weighted by molar-refractivity contribution is -0.287. The van der Waals surface area contributed by atoms with E-state index in [1.807, 2.05) is 18.7 Å². The summed E-state index contributed by atoms with van der Waals surface area (Å²) in [5.74, 6) is -5.23. The van der Waals surface area contributed by atoms with Crippen LogP contribution in [0.25, 0.3) is 0 Å². The molecular formula is C40H56N4O12S. The number of amides is 4. The van der Waals surface area contributed by atoms with Gasteiger partial charge in [-0.3, -0.25) is 14.4 Å². The molecule has 7 N–H and O–H groups in total. The summed E-state index contributed by atoms with van der Waals surface area (Å²) in [6, 6.07) is 0.157. The number of aliphatic hydroxyl groups excluding tert-OH is 3. The number of ether oxygens (including phenoxy) is 3. The lowest BCUT2D eigenvalue weighted by Gasteiger charge is -2.67. The van der Waals surface area contributed by atoms with Crippen LogP contribution in [0.1, 0.15) is 85.5 Å². The fourth-order valence-corrected chi connectivity index (χ4v) is 13.0. The molecule has 7 rings (SSSR count). The van der Waals surface area contributed by atoms with E-state index in [-0.39, 0.29) is 55.8 Å². The summed E-state index contributed by atoms with van der Waals surface area (Å²) in [4.78, 5) is 78.5. The summed E-state index contributed by atoms with van der Waals surface area (Å²) in [6.07, 6.45) is -0.0725. The van der Waals surface area contributed by atoms with E-state index in [9.17, 15) is 44.1 Å². The van der Waals surface area contributed by atoms with Gasteiger partial charge in [0.2, 0.25) is 12.0 Å². The van der Waals surface area contributed by atoms with Crippen LogP contribution >= 0.6 is 11.8 Å². The van der Waals surface area contributed by atoms with Gasteiger partial charge in [0.15, 0.2) is 17.1 Å². The third kappa shape index (κ3) is 6.93. The summed E-state index contributed by atoms with van der Waals surface area (Å²) in [5, 5.41) is 46.8. The zero-order valence-corrected chi connectivity index (χ0v) is 33.8. The van der Waals surface area contributed by atoms with Gasteiger partial charge in [-0.15, -0.1) is 0 Å². The number of carbonyl (C=O) groups is 6. The van der Waals surface area contributed by atoms with Crippen molar-refractivity contribution in [3.8, 4) is 0 Å². The Kier molecular flexibility index (Phi) is 11.5. The summed E-state index contributed by atoms with van der Waals surface area (Å²) < 4.78 is 18.2. The number of allylic oxidation sites excluding steroid dienone is 3. The quantitative estimate of drug-likeness (QED) is 0.0570. The highest BCUT2D eigenvalue weighted by atomic mass is 32.2. The number of Topliss-reactive ketones (excluding diaryl/α,β-unsaturated/α-hetero) is 1. The average molecular weight is 817 g/mol. The minimum absolute atomic E-state index is 0.0135. The fraction of sp³-hybridized carbons (Fsp3) is 0.750. The number of esters is 2. The number of ketones is 1. The zero-order chi connectivity index (χ0) is 41.0. The molecule has 1 spiro atoms. The number of thioether (sulfide) groups is 1. The van der Waals surface area contributed by atoms with E-state index in [0.717, 1.165) is 37.9 Å². The van der Waals surface area contributed by atoms with Gasteiger partial charge in [0.1, 0.15) is 12.2 Å². The molecule has 314 valence electrons. The Hall–Kier alpha value is -3.67. The van der Waals surface area contributed by atoms with Gasteiger partial charge in [-0.05, 0) is 69.8 Å². The number of unbranched alkanes of at least 4 members (excludes halogenated alkanes) is 3. The maximum atomic E-state index is 14.4. The molecule has 13 atom stereocenters. The highest BCUT2D eigenvalue weighted by Crippen LogP contribution is 2.72. The standard InChI is InChI=1S/C40H56N4O12S/c1-19(2)14-27(47)56-31-33-39-18-54-40(33,34(50)30(49)32(39)38(4)16-23(45)29(48)20(3)21(38)15-25(39)55-35(31)51)36(52)42-13-8-6-5-7-12-41-26(46)11-9-10-24-28-22(17-57-24)43-37(53)44-28/h14,21-22,24-25,28,30-34,48-50H,5-13,15-18H2,1-4H3,(H,41,46)(H,42,52)(H2,43,44,53)/t21-,22-,24-,25+,28-,30+,31+,32?,33+,34-,38-,39+,40-/m0/s1. The summed E-state index contributed by atoms with van der Waals surface area (Å²) >= 11 is 1.82. The largest absolute Gasteiger partial charge is 0.504 e. The van der Waals surface area contributed by atoms with Crippen LogP contribution in [0.4, 0.5) is 4.79 Å². The zero-order valence-electron chi connectivity index (χ0n) is 33.0. The van der Waals surface area contributed by atoms with Gasteiger partial charge in [-0.2, -0.15) is 11.8 Å². The Morgan fingerprint density at radius 1 is 1.02 bits per heavy atom. The molecule has 7 aliphatic rings.